The molecule has 0 unspecified atom stereocenters. The van der Waals surface area contributed by atoms with Gasteiger partial charge in [0.05, 0.1) is 11.3 Å². The van der Waals surface area contributed by atoms with Gasteiger partial charge in [0.1, 0.15) is 5.82 Å². The Labute approximate surface area is 119 Å². The molecule has 2 aromatic carbocycles. The molecule has 1 amide bonds. The van der Waals surface area contributed by atoms with Gasteiger partial charge in [-0.3, -0.25) is 4.79 Å². The summed E-state index contributed by atoms with van der Waals surface area (Å²) < 4.78 is 14.4. The minimum Gasteiger partial charge on any atom is -0.321 e. The Morgan fingerprint density at radius 1 is 1.11 bits per heavy atom. The number of anilines is 1. The summed E-state index contributed by atoms with van der Waals surface area (Å²) in [5, 5.41) is 2.70. The fraction of sp³-hybridized carbons (Fsp3) is 0.133. The number of halogens is 2. The lowest BCUT2D eigenvalue weighted by Gasteiger charge is -2.09. The Hall–Kier alpha value is -1.68. The van der Waals surface area contributed by atoms with E-state index >= 15 is 0 Å². The fourth-order valence-corrected chi connectivity index (χ4v) is 2.32. The number of amides is 1. The van der Waals surface area contributed by atoms with Crippen LogP contribution in [0.3, 0.4) is 0 Å². The van der Waals surface area contributed by atoms with Crippen LogP contribution in [0.1, 0.15) is 21.5 Å². The van der Waals surface area contributed by atoms with Crippen LogP contribution in [0.4, 0.5) is 10.1 Å². The van der Waals surface area contributed by atoms with Gasteiger partial charge in [-0.05, 0) is 59.6 Å². The molecule has 1 N–H and O–H groups in total. The standard InChI is InChI=1S/C15H13BrFNO/c1-9-3-5-13(17)11(7-9)15(19)18-14-6-4-10(2)8-12(14)16/h3-8H,1-2H3,(H,18,19). The van der Waals surface area contributed by atoms with Crippen molar-refractivity contribution >= 4 is 27.5 Å². The van der Waals surface area contributed by atoms with E-state index in [0.29, 0.717) is 5.69 Å². The van der Waals surface area contributed by atoms with E-state index in [9.17, 15) is 9.18 Å². The molecule has 0 aliphatic heterocycles. The topological polar surface area (TPSA) is 29.1 Å². The summed E-state index contributed by atoms with van der Waals surface area (Å²) in [6.07, 6.45) is 0. The molecule has 98 valence electrons. The third-order valence-electron chi connectivity index (χ3n) is 2.74. The van der Waals surface area contributed by atoms with Crippen LogP contribution in [-0.4, -0.2) is 5.91 Å². The lowest BCUT2D eigenvalue weighted by Crippen LogP contribution is -2.14. The maximum Gasteiger partial charge on any atom is 0.258 e. The van der Waals surface area contributed by atoms with Crippen LogP contribution in [0.2, 0.25) is 0 Å². The molecular formula is C15H13BrFNO. The maximum absolute atomic E-state index is 13.6. The van der Waals surface area contributed by atoms with E-state index in [2.05, 4.69) is 21.2 Å². The summed E-state index contributed by atoms with van der Waals surface area (Å²) in [4.78, 5) is 12.1. The normalized spacial score (nSPS) is 10.3. The molecule has 19 heavy (non-hydrogen) atoms. The van der Waals surface area contributed by atoms with Crippen molar-refractivity contribution in [2.45, 2.75) is 13.8 Å². The molecular weight excluding hydrogens is 309 g/mol. The number of benzene rings is 2. The Morgan fingerprint density at radius 2 is 1.74 bits per heavy atom. The van der Waals surface area contributed by atoms with Crippen LogP contribution in [0, 0.1) is 19.7 Å². The van der Waals surface area contributed by atoms with Gasteiger partial charge in [-0.2, -0.15) is 0 Å². The Kier molecular flexibility index (Phi) is 4.00. The second-order valence-electron chi connectivity index (χ2n) is 4.42. The van der Waals surface area contributed by atoms with Gasteiger partial charge in [0.2, 0.25) is 0 Å². The number of carbonyl (C=O) groups is 1. The van der Waals surface area contributed by atoms with Gasteiger partial charge in [0, 0.05) is 4.47 Å². The predicted octanol–water partition coefficient (Wildman–Crippen LogP) is 4.46. The second kappa shape index (κ2) is 5.53. The Bertz CT molecular complexity index is 640. The van der Waals surface area contributed by atoms with Gasteiger partial charge in [-0.1, -0.05) is 17.7 Å². The number of carbonyl (C=O) groups excluding carboxylic acids is 1. The van der Waals surface area contributed by atoms with E-state index in [1.54, 1.807) is 12.1 Å². The van der Waals surface area contributed by atoms with Crippen molar-refractivity contribution in [3.8, 4) is 0 Å². The van der Waals surface area contributed by atoms with Gasteiger partial charge in [0.25, 0.3) is 5.91 Å². The molecule has 0 radical (unpaired) electrons. The van der Waals surface area contributed by atoms with Gasteiger partial charge in [-0.25, -0.2) is 4.39 Å². The summed E-state index contributed by atoms with van der Waals surface area (Å²) >= 11 is 3.37. The quantitative estimate of drug-likeness (QED) is 0.869. The third kappa shape index (κ3) is 3.20. The first-order chi connectivity index (χ1) is 8.97. The van der Waals surface area contributed by atoms with Crippen molar-refractivity contribution in [1.82, 2.24) is 0 Å². The molecule has 0 saturated heterocycles. The lowest BCUT2D eigenvalue weighted by molar-refractivity contribution is 0.102. The maximum atomic E-state index is 13.6. The summed E-state index contributed by atoms with van der Waals surface area (Å²) in [6, 6.07) is 10.0. The minimum absolute atomic E-state index is 0.0486. The van der Waals surface area contributed by atoms with E-state index in [0.717, 1.165) is 15.6 Å². The van der Waals surface area contributed by atoms with Gasteiger partial charge < -0.3 is 5.32 Å². The first kappa shape index (κ1) is 13.7. The van der Waals surface area contributed by atoms with Crippen molar-refractivity contribution in [3.63, 3.8) is 0 Å². The van der Waals surface area contributed by atoms with E-state index in [4.69, 9.17) is 0 Å². The number of aryl methyl sites for hydroxylation is 2. The van der Waals surface area contributed by atoms with Gasteiger partial charge in [-0.15, -0.1) is 0 Å². The third-order valence-corrected chi connectivity index (χ3v) is 3.40. The molecule has 0 aromatic heterocycles. The van der Waals surface area contributed by atoms with Crippen molar-refractivity contribution in [3.05, 3.63) is 63.4 Å². The molecule has 2 nitrogen and oxygen atoms in total. The van der Waals surface area contributed by atoms with E-state index in [-0.39, 0.29) is 5.56 Å². The van der Waals surface area contributed by atoms with Crippen LogP contribution >= 0.6 is 15.9 Å². The van der Waals surface area contributed by atoms with Gasteiger partial charge >= 0.3 is 0 Å². The SMILES string of the molecule is Cc1ccc(NC(=O)c2cc(C)ccc2F)c(Br)c1. The number of rotatable bonds is 2. The second-order valence-corrected chi connectivity index (χ2v) is 5.28. The highest BCUT2D eigenvalue weighted by Gasteiger charge is 2.13. The van der Waals surface area contributed by atoms with Crippen LogP contribution in [0.15, 0.2) is 40.9 Å². The Morgan fingerprint density at radius 3 is 2.42 bits per heavy atom. The molecule has 2 aromatic rings. The number of nitrogens with one attached hydrogen (secondary N) is 1. The van der Waals surface area contributed by atoms with Crippen molar-refractivity contribution in [2.24, 2.45) is 0 Å². The van der Waals surface area contributed by atoms with Crippen LogP contribution in [-0.2, 0) is 0 Å². The fourth-order valence-electron chi connectivity index (χ4n) is 1.72. The monoisotopic (exact) mass is 321 g/mol. The zero-order valence-corrected chi connectivity index (χ0v) is 12.2. The highest BCUT2D eigenvalue weighted by molar-refractivity contribution is 9.10. The summed E-state index contributed by atoms with van der Waals surface area (Å²) in [5.74, 6) is -0.975. The molecule has 0 spiro atoms. The van der Waals surface area contributed by atoms with Gasteiger partial charge in [0.15, 0.2) is 0 Å². The molecule has 0 aliphatic carbocycles. The molecule has 2 rings (SSSR count). The largest absolute Gasteiger partial charge is 0.321 e. The minimum atomic E-state index is -0.522. The van der Waals surface area contributed by atoms with E-state index in [1.807, 2.05) is 26.0 Å². The highest BCUT2D eigenvalue weighted by Crippen LogP contribution is 2.24. The summed E-state index contributed by atoms with van der Waals surface area (Å²) in [5.41, 5.74) is 2.59. The molecule has 4 heteroatoms. The molecule has 0 fully saturated rings. The van der Waals surface area contributed by atoms with Crippen LogP contribution in [0.5, 0.6) is 0 Å². The first-order valence-electron chi connectivity index (χ1n) is 5.81. The van der Waals surface area contributed by atoms with Crippen molar-refractivity contribution in [1.29, 1.82) is 0 Å². The highest BCUT2D eigenvalue weighted by atomic mass is 79.9. The van der Waals surface area contributed by atoms with Crippen LogP contribution < -0.4 is 5.32 Å². The average molecular weight is 322 g/mol. The lowest BCUT2D eigenvalue weighted by atomic mass is 10.1. The van der Waals surface area contributed by atoms with E-state index < -0.39 is 11.7 Å². The Balaban J connectivity index is 2.28. The van der Waals surface area contributed by atoms with Crippen LogP contribution in [0.25, 0.3) is 0 Å². The molecule has 0 bridgehead atoms. The zero-order valence-electron chi connectivity index (χ0n) is 10.6. The number of hydrogen-bond acceptors (Lipinski definition) is 1. The van der Waals surface area contributed by atoms with Crippen molar-refractivity contribution < 1.29 is 9.18 Å². The zero-order chi connectivity index (χ0) is 14.0. The number of hydrogen-bond donors (Lipinski definition) is 1. The molecule has 0 heterocycles. The molecule has 0 atom stereocenters. The summed E-state index contributed by atoms with van der Waals surface area (Å²) in [7, 11) is 0. The average Bonchev–Trinajstić information content (AvgIpc) is 2.35. The van der Waals surface area contributed by atoms with Crippen molar-refractivity contribution in [2.75, 3.05) is 5.32 Å². The molecule has 0 aliphatic rings. The predicted molar refractivity (Wildman–Crippen MR) is 78.0 cm³/mol. The first-order valence-corrected chi connectivity index (χ1v) is 6.60. The summed E-state index contributed by atoms with van der Waals surface area (Å²) in [6.45, 7) is 3.77. The molecule has 0 saturated carbocycles. The van der Waals surface area contributed by atoms with E-state index in [1.165, 1.54) is 12.1 Å². The smallest absolute Gasteiger partial charge is 0.258 e.